The predicted octanol–water partition coefficient (Wildman–Crippen LogP) is 2.94. The molecule has 0 aliphatic carbocycles. The van der Waals surface area contributed by atoms with Crippen LogP contribution in [0.25, 0.3) is 11.4 Å². The quantitative estimate of drug-likeness (QED) is 0.650. The van der Waals surface area contributed by atoms with Crippen LogP contribution in [0.4, 0.5) is 0 Å². The fourth-order valence-electron chi connectivity index (χ4n) is 3.79. The van der Waals surface area contributed by atoms with E-state index in [9.17, 15) is 4.79 Å². The van der Waals surface area contributed by atoms with Gasteiger partial charge in [-0.1, -0.05) is 6.07 Å². The molecule has 1 aliphatic rings. The van der Waals surface area contributed by atoms with Crippen molar-refractivity contribution in [2.24, 2.45) is 0 Å². The minimum atomic E-state index is -0.0464. The Bertz CT molecular complexity index is 1070. The smallest absolute Gasteiger partial charge is 0.254 e. The lowest BCUT2D eigenvalue weighted by molar-refractivity contribution is 0.132. The summed E-state index contributed by atoms with van der Waals surface area (Å²) in [5.41, 5.74) is 4.68. The zero-order valence-electron chi connectivity index (χ0n) is 17.4. The van der Waals surface area contributed by atoms with E-state index in [4.69, 9.17) is 14.5 Å². The summed E-state index contributed by atoms with van der Waals surface area (Å²) in [7, 11) is 1.68. The lowest BCUT2D eigenvalue weighted by Gasteiger charge is -2.28. The maximum Gasteiger partial charge on any atom is 0.254 e. The van der Waals surface area contributed by atoms with Crippen molar-refractivity contribution in [2.75, 3.05) is 20.3 Å². The molecule has 7 heteroatoms. The molecule has 1 aliphatic heterocycles. The number of methoxy groups -OCH3 is 1. The first-order chi connectivity index (χ1) is 14.7. The van der Waals surface area contributed by atoms with Crippen LogP contribution >= 0.6 is 0 Å². The fourth-order valence-corrected chi connectivity index (χ4v) is 3.79. The van der Waals surface area contributed by atoms with Gasteiger partial charge in [0.05, 0.1) is 19.4 Å². The van der Waals surface area contributed by atoms with Gasteiger partial charge in [-0.2, -0.15) is 0 Å². The van der Waals surface area contributed by atoms with Crippen LogP contribution in [0.3, 0.4) is 0 Å². The first-order valence-corrected chi connectivity index (χ1v) is 10.2. The van der Waals surface area contributed by atoms with E-state index in [1.54, 1.807) is 19.5 Å². The first-order valence-electron chi connectivity index (χ1n) is 10.2. The highest BCUT2D eigenvalue weighted by atomic mass is 16.5. The highest BCUT2D eigenvalue weighted by Crippen LogP contribution is 2.24. The lowest BCUT2D eigenvalue weighted by Crippen LogP contribution is -2.35. The second-order valence-corrected chi connectivity index (χ2v) is 7.32. The molecule has 0 spiro atoms. The van der Waals surface area contributed by atoms with Gasteiger partial charge in [0, 0.05) is 55.3 Å². The summed E-state index contributed by atoms with van der Waals surface area (Å²) >= 11 is 0. The monoisotopic (exact) mass is 406 g/mol. The van der Waals surface area contributed by atoms with Gasteiger partial charge in [0.15, 0.2) is 0 Å². The Labute approximate surface area is 175 Å². The predicted molar refractivity (Wildman–Crippen MR) is 114 cm³/mol. The van der Waals surface area contributed by atoms with Crippen molar-refractivity contribution < 1.29 is 9.47 Å². The second-order valence-electron chi connectivity index (χ2n) is 7.32. The fraction of sp³-hybridized carbons (Fsp3) is 0.348. The van der Waals surface area contributed by atoms with Crippen LogP contribution in [-0.4, -0.2) is 40.1 Å². The third-order valence-electron chi connectivity index (χ3n) is 5.32. The van der Waals surface area contributed by atoms with Gasteiger partial charge in [0.1, 0.15) is 11.6 Å². The first kappa shape index (κ1) is 20.3. The average Bonchev–Trinajstić information content (AvgIpc) is 2.78. The normalized spacial score (nSPS) is 13.8. The molecule has 0 atom stereocenters. The van der Waals surface area contributed by atoms with Crippen molar-refractivity contribution in [3.8, 4) is 17.1 Å². The van der Waals surface area contributed by atoms with Crippen molar-refractivity contribution in [2.45, 2.75) is 33.0 Å². The Morgan fingerprint density at radius 2 is 2.03 bits per heavy atom. The second kappa shape index (κ2) is 9.19. The molecule has 0 radical (unpaired) electrons. The summed E-state index contributed by atoms with van der Waals surface area (Å²) in [6.07, 6.45) is 4.09. The molecule has 0 saturated heterocycles. The Kier molecular flexibility index (Phi) is 6.21. The largest absolute Gasteiger partial charge is 0.496 e. The van der Waals surface area contributed by atoms with Crippen molar-refractivity contribution in [3.63, 3.8) is 0 Å². The van der Waals surface area contributed by atoms with E-state index in [1.807, 2.05) is 25.1 Å². The zero-order chi connectivity index (χ0) is 20.9. The Morgan fingerprint density at radius 3 is 2.80 bits per heavy atom. The van der Waals surface area contributed by atoms with Crippen LogP contribution in [0.5, 0.6) is 5.75 Å². The zero-order valence-corrected chi connectivity index (χ0v) is 17.4. The number of rotatable bonds is 7. The van der Waals surface area contributed by atoms with E-state index in [0.29, 0.717) is 32.0 Å². The number of aromatic nitrogens is 3. The van der Waals surface area contributed by atoms with Crippen molar-refractivity contribution in [1.82, 2.24) is 19.9 Å². The molecule has 0 bridgehead atoms. The maximum absolute atomic E-state index is 12.6. The van der Waals surface area contributed by atoms with Crippen LogP contribution in [0.15, 0.2) is 47.5 Å². The molecule has 0 amide bonds. The average molecular weight is 406 g/mol. The number of ether oxygens (including phenoxy) is 2. The number of fused-ring (bicyclic) bond motifs is 1. The molecule has 4 rings (SSSR count). The summed E-state index contributed by atoms with van der Waals surface area (Å²) in [4.78, 5) is 26.6. The number of aromatic amines is 1. The van der Waals surface area contributed by atoms with Crippen LogP contribution < -0.4 is 10.3 Å². The number of hydrogen-bond donors (Lipinski definition) is 1. The topological polar surface area (TPSA) is 80.3 Å². The van der Waals surface area contributed by atoms with Crippen LogP contribution in [0.2, 0.25) is 0 Å². The number of pyridine rings is 1. The van der Waals surface area contributed by atoms with E-state index in [0.717, 1.165) is 41.2 Å². The maximum atomic E-state index is 12.6. The summed E-state index contributed by atoms with van der Waals surface area (Å²) in [6, 6.07) is 9.91. The summed E-state index contributed by atoms with van der Waals surface area (Å²) in [5, 5.41) is 0. The summed E-state index contributed by atoms with van der Waals surface area (Å²) in [6.45, 7) is 5.42. The van der Waals surface area contributed by atoms with Gasteiger partial charge in [-0.25, -0.2) is 4.98 Å². The highest BCUT2D eigenvalue weighted by molar-refractivity contribution is 5.54. The molecular formula is C23H26N4O3. The van der Waals surface area contributed by atoms with Gasteiger partial charge in [-0.15, -0.1) is 0 Å². The summed E-state index contributed by atoms with van der Waals surface area (Å²) in [5.74, 6) is 1.43. The molecule has 0 saturated carbocycles. The molecule has 30 heavy (non-hydrogen) atoms. The van der Waals surface area contributed by atoms with E-state index in [2.05, 4.69) is 27.0 Å². The molecule has 7 nitrogen and oxygen atoms in total. The molecule has 3 heterocycles. The van der Waals surface area contributed by atoms with Gasteiger partial charge in [-0.05, 0) is 43.2 Å². The Morgan fingerprint density at radius 1 is 1.20 bits per heavy atom. The number of nitrogens with zero attached hydrogens (tertiary/aromatic N) is 3. The van der Waals surface area contributed by atoms with Crippen molar-refractivity contribution >= 4 is 0 Å². The molecular weight excluding hydrogens is 380 g/mol. The summed E-state index contributed by atoms with van der Waals surface area (Å²) < 4.78 is 11.0. The highest BCUT2D eigenvalue weighted by Gasteiger charge is 2.22. The standard InChI is InChI=1S/C23H26N4O3/c1-3-30-15-18-12-16(4-5-21(18)29-2)13-27-11-8-19-20(14-27)25-22(26-23(19)28)17-6-9-24-10-7-17/h4-7,9-10,12H,3,8,11,13-15H2,1-2H3,(H,25,26,28). The minimum absolute atomic E-state index is 0.0464. The van der Waals surface area contributed by atoms with E-state index in [1.165, 1.54) is 5.56 Å². The van der Waals surface area contributed by atoms with Gasteiger partial charge < -0.3 is 14.5 Å². The molecule has 2 aromatic heterocycles. The Balaban J connectivity index is 1.54. The number of nitrogens with one attached hydrogen (secondary N) is 1. The van der Waals surface area contributed by atoms with Gasteiger partial charge in [0.2, 0.25) is 0 Å². The van der Waals surface area contributed by atoms with Gasteiger partial charge in [-0.3, -0.25) is 14.7 Å². The number of hydrogen-bond acceptors (Lipinski definition) is 6. The third-order valence-corrected chi connectivity index (χ3v) is 5.32. The lowest BCUT2D eigenvalue weighted by atomic mass is 10.0. The molecule has 0 unspecified atom stereocenters. The van der Waals surface area contributed by atoms with Crippen LogP contribution in [0.1, 0.15) is 29.3 Å². The van der Waals surface area contributed by atoms with Gasteiger partial charge >= 0.3 is 0 Å². The van der Waals surface area contributed by atoms with E-state index < -0.39 is 0 Å². The van der Waals surface area contributed by atoms with Gasteiger partial charge in [0.25, 0.3) is 5.56 Å². The third kappa shape index (κ3) is 4.42. The molecule has 1 aromatic carbocycles. The molecule has 3 aromatic rings. The number of benzene rings is 1. The van der Waals surface area contributed by atoms with E-state index >= 15 is 0 Å². The molecule has 0 fully saturated rings. The van der Waals surface area contributed by atoms with Crippen LogP contribution in [-0.2, 0) is 30.9 Å². The number of H-pyrrole nitrogens is 1. The SMILES string of the molecule is CCOCc1cc(CN2CCc3c(nc(-c4ccncc4)[nH]c3=O)C2)ccc1OC. The van der Waals surface area contributed by atoms with Crippen LogP contribution in [0, 0.1) is 0 Å². The van der Waals surface area contributed by atoms with Crippen molar-refractivity contribution in [3.05, 3.63) is 75.5 Å². The van der Waals surface area contributed by atoms with Crippen molar-refractivity contribution in [1.29, 1.82) is 0 Å². The van der Waals surface area contributed by atoms with E-state index in [-0.39, 0.29) is 5.56 Å². The minimum Gasteiger partial charge on any atom is -0.496 e. The Hall–Kier alpha value is -3.03. The molecule has 156 valence electrons. The molecule has 1 N–H and O–H groups in total.